The molecule has 5 nitrogen and oxygen atoms in total. The van der Waals surface area contributed by atoms with Gasteiger partial charge in [-0.15, -0.1) is 0 Å². The molecule has 112 valence electrons. The van der Waals surface area contributed by atoms with Crippen LogP contribution in [0.2, 0.25) is 0 Å². The number of hydrogen-bond donors (Lipinski definition) is 1. The van der Waals surface area contributed by atoms with E-state index in [0.717, 1.165) is 25.5 Å². The van der Waals surface area contributed by atoms with Crippen molar-refractivity contribution < 1.29 is 0 Å². The minimum absolute atomic E-state index is 0.334. The average Bonchev–Trinajstić information content (AvgIpc) is 2.87. The smallest absolute Gasteiger partial charge is 0.146 e. The van der Waals surface area contributed by atoms with Gasteiger partial charge in [0.2, 0.25) is 0 Å². The van der Waals surface area contributed by atoms with Crippen molar-refractivity contribution in [2.75, 3.05) is 11.4 Å². The lowest BCUT2D eigenvalue weighted by Gasteiger charge is -2.26. The van der Waals surface area contributed by atoms with Crippen LogP contribution in [-0.4, -0.2) is 27.4 Å². The number of para-hydroxylation sites is 1. The Morgan fingerprint density at radius 1 is 1.33 bits per heavy atom. The van der Waals surface area contributed by atoms with Crippen LogP contribution in [0.25, 0.3) is 0 Å². The van der Waals surface area contributed by atoms with Gasteiger partial charge in [-0.05, 0) is 32.4 Å². The molecule has 3 rings (SSSR count). The molecule has 2 heterocycles. The molecule has 0 radical (unpaired) electrons. The molecule has 0 saturated heterocycles. The predicted molar refractivity (Wildman–Crippen MR) is 84.2 cm³/mol. The first-order valence-corrected chi connectivity index (χ1v) is 7.59. The van der Waals surface area contributed by atoms with E-state index in [2.05, 4.69) is 65.3 Å². The molecule has 21 heavy (non-hydrogen) atoms. The number of rotatable bonds is 3. The molecule has 0 aliphatic carbocycles. The molecule has 0 bridgehead atoms. The topological polar surface area (TPSA) is 46.0 Å². The highest BCUT2D eigenvalue weighted by molar-refractivity contribution is 5.54. The number of fused-ring (bicyclic) bond motifs is 1. The van der Waals surface area contributed by atoms with Crippen molar-refractivity contribution in [3.8, 4) is 0 Å². The molecule has 1 unspecified atom stereocenters. The molecule has 2 aromatic rings. The first kappa shape index (κ1) is 14.1. The maximum absolute atomic E-state index is 4.45. The van der Waals surface area contributed by atoms with E-state index in [0.29, 0.717) is 12.1 Å². The number of benzene rings is 1. The van der Waals surface area contributed by atoms with Gasteiger partial charge >= 0.3 is 0 Å². The third kappa shape index (κ3) is 2.93. The number of anilines is 1. The van der Waals surface area contributed by atoms with Gasteiger partial charge in [0, 0.05) is 30.9 Å². The molecule has 1 aromatic carbocycles. The fourth-order valence-electron chi connectivity index (χ4n) is 2.89. The monoisotopic (exact) mass is 285 g/mol. The molecule has 0 spiro atoms. The Morgan fingerprint density at radius 2 is 2.14 bits per heavy atom. The third-order valence-corrected chi connectivity index (χ3v) is 3.94. The van der Waals surface area contributed by atoms with Gasteiger partial charge in [-0.3, -0.25) is 0 Å². The summed E-state index contributed by atoms with van der Waals surface area (Å²) < 4.78 is 2.01. The Labute approximate surface area is 126 Å². The Morgan fingerprint density at radius 3 is 2.95 bits per heavy atom. The second kappa shape index (κ2) is 5.85. The number of nitrogens with one attached hydrogen (secondary N) is 1. The average molecular weight is 285 g/mol. The van der Waals surface area contributed by atoms with E-state index in [4.69, 9.17) is 0 Å². The third-order valence-electron chi connectivity index (χ3n) is 3.94. The van der Waals surface area contributed by atoms with Crippen molar-refractivity contribution in [1.82, 2.24) is 20.1 Å². The summed E-state index contributed by atoms with van der Waals surface area (Å²) in [4.78, 5) is 6.86. The molecule has 0 amide bonds. The van der Waals surface area contributed by atoms with E-state index in [9.17, 15) is 0 Å². The van der Waals surface area contributed by atoms with Crippen LogP contribution in [0.1, 0.15) is 38.2 Å². The Hall–Kier alpha value is -1.88. The number of hydrogen-bond acceptors (Lipinski definition) is 4. The van der Waals surface area contributed by atoms with Gasteiger partial charge in [0.05, 0.1) is 6.54 Å². The lowest BCUT2D eigenvalue weighted by molar-refractivity contribution is 0.493. The molecule has 0 saturated carbocycles. The summed E-state index contributed by atoms with van der Waals surface area (Å²) in [6.45, 7) is 9.19. The van der Waals surface area contributed by atoms with Gasteiger partial charge in [0.1, 0.15) is 12.2 Å². The summed E-state index contributed by atoms with van der Waals surface area (Å²) >= 11 is 0. The van der Waals surface area contributed by atoms with Gasteiger partial charge in [0.25, 0.3) is 0 Å². The molecule has 1 aliphatic heterocycles. The van der Waals surface area contributed by atoms with E-state index < -0.39 is 0 Å². The van der Waals surface area contributed by atoms with Crippen LogP contribution in [0.5, 0.6) is 0 Å². The molecule has 1 N–H and O–H groups in total. The van der Waals surface area contributed by atoms with Crippen molar-refractivity contribution in [2.24, 2.45) is 0 Å². The Kier molecular flexibility index (Phi) is 3.92. The maximum atomic E-state index is 4.45. The van der Waals surface area contributed by atoms with E-state index in [-0.39, 0.29) is 0 Å². The number of nitrogens with zero attached hydrogens (tertiary/aromatic N) is 4. The zero-order valence-electron chi connectivity index (χ0n) is 13.0. The van der Waals surface area contributed by atoms with Gasteiger partial charge in [-0.2, -0.15) is 5.10 Å². The minimum atomic E-state index is 0.334. The van der Waals surface area contributed by atoms with Crippen LogP contribution < -0.4 is 10.2 Å². The zero-order valence-corrected chi connectivity index (χ0v) is 13.0. The standard InChI is InChI=1S/C16H23N5/c1-12(2)21-16(18-11-19-21)10-20-9-13(3)17-8-14-6-4-5-7-15(14)20/h4-7,11-13,17H,8-10H2,1-3H3. The SMILES string of the molecule is CC1CN(Cc2ncnn2C(C)C)c2ccccc2CN1. The van der Waals surface area contributed by atoms with Crippen LogP contribution in [0.15, 0.2) is 30.6 Å². The van der Waals surface area contributed by atoms with Crippen LogP contribution in [0.3, 0.4) is 0 Å². The summed E-state index contributed by atoms with van der Waals surface area (Å²) in [7, 11) is 0. The van der Waals surface area contributed by atoms with Gasteiger partial charge in [0.15, 0.2) is 0 Å². The summed E-state index contributed by atoms with van der Waals surface area (Å²) in [5.41, 5.74) is 2.64. The first-order chi connectivity index (χ1) is 10.1. The largest absolute Gasteiger partial charge is 0.362 e. The molecule has 1 aliphatic rings. The van der Waals surface area contributed by atoms with Crippen LogP contribution in [0.4, 0.5) is 5.69 Å². The Balaban J connectivity index is 1.91. The quantitative estimate of drug-likeness (QED) is 0.940. The molecular formula is C16H23N5. The zero-order chi connectivity index (χ0) is 14.8. The van der Waals surface area contributed by atoms with E-state index in [1.54, 1.807) is 6.33 Å². The highest BCUT2D eigenvalue weighted by atomic mass is 15.4. The van der Waals surface area contributed by atoms with Gasteiger partial charge in [-0.1, -0.05) is 18.2 Å². The van der Waals surface area contributed by atoms with E-state index in [1.165, 1.54) is 11.3 Å². The van der Waals surface area contributed by atoms with Crippen LogP contribution >= 0.6 is 0 Å². The summed E-state index contributed by atoms with van der Waals surface area (Å²) in [5.74, 6) is 1.02. The fourth-order valence-corrected chi connectivity index (χ4v) is 2.89. The Bertz CT molecular complexity index is 604. The lowest BCUT2D eigenvalue weighted by Crippen LogP contribution is -2.36. The first-order valence-electron chi connectivity index (χ1n) is 7.59. The van der Waals surface area contributed by atoms with Crippen LogP contribution in [0, 0.1) is 0 Å². The molecule has 1 aromatic heterocycles. The van der Waals surface area contributed by atoms with Crippen molar-refractivity contribution in [3.63, 3.8) is 0 Å². The molecule has 5 heteroatoms. The van der Waals surface area contributed by atoms with Gasteiger partial charge in [-0.25, -0.2) is 9.67 Å². The highest BCUT2D eigenvalue weighted by Gasteiger charge is 2.20. The minimum Gasteiger partial charge on any atom is -0.362 e. The maximum Gasteiger partial charge on any atom is 0.146 e. The van der Waals surface area contributed by atoms with Crippen molar-refractivity contribution in [2.45, 2.75) is 45.9 Å². The van der Waals surface area contributed by atoms with E-state index in [1.807, 2.05) is 4.68 Å². The van der Waals surface area contributed by atoms with E-state index >= 15 is 0 Å². The molecule has 1 atom stereocenters. The van der Waals surface area contributed by atoms with Crippen molar-refractivity contribution in [3.05, 3.63) is 42.0 Å². The van der Waals surface area contributed by atoms with Gasteiger partial charge < -0.3 is 10.2 Å². The van der Waals surface area contributed by atoms with Crippen molar-refractivity contribution >= 4 is 5.69 Å². The second-order valence-electron chi connectivity index (χ2n) is 6.01. The number of aromatic nitrogens is 3. The lowest BCUT2D eigenvalue weighted by atomic mass is 10.1. The summed E-state index contributed by atoms with van der Waals surface area (Å²) in [6, 6.07) is 9.39. The second-order valence-corrected chi connectivity index (χ2v) is 6.01. The summed E-state index contributed by atoms with van der Waals surface area (Å²) in [5, 5.41) is 7.91. The predicted octanol–water partition coefficient (Wildman–Crippen LogP) is 2.36. The normalized spacial score (nSPS) is 18.7. The highest BCUT2D eigenvalue weighted by Crippen LogP contribution is 2.25. The van der Waals surface area contributed by atoms with Crippen LogP contribution in [-0.2, 0) is 13.1 Å². The molecule has 0 fully saturated rings. The fraction of sp³-hybridized carbons (Fsp3) is 0.500. The molecular weight excluding hydrogens is 262 g/mol. The summed E-state index contributed by atoms with van der Waals surface area (Å²) in [6.07, 6.45) is 1.65. The van der Waals surface area contributed by atoms with Crippen molar-refractivity contribution in [1.29, 1.82) is 0 Å².